The third kappa shape index (κ3) is 6.51. The van der Waals surface area contributed by atoms with Gasteiger partial charge in [0, 0.05) is 0 Å². The zero-order chi connectivity index (χ0) is 23.3. The molecular weight excluding hydrogens is 451 g/mol. The number of nitrogens with two attached hydrogens (primary N) is 1. The molecule has 0 aromatic carbocycles. The second-order valence-electron chi connectivity index (χ2n) is 6.73. The SMILES string of the molecule is CCN(CC)CC.Nc1nc(=S)c2ncn(C3OC(COP(=O)(O)O)C(O)C3O)c2[nH]1. The number of H-pyrrole nitrogens is 1. The molecule has 2 aromatic heterocycles. The molecule has 1 fully saturated rings. The summed E-state index contributed by atoms with van der Waals surface area (Å²) in [5, 5.41) is 20.2. The third-order valence-electron chi connectivity index (χ3n) is 4.82. The van der Waals surface area contributed by atoms with Gasteiger partial charge in [0.1, 0.15) is 29.5 Å². The van der Waals surface area contributed by atoms with Gasteiger partial charge >= 0.3 is 7.82 Å². The topological polar surface area (TPSA) is 192 Å². The molecule has 1 saturated heterocycles. The van der Waals surface area contributed by atoms with Crippen molar-refractivity contribution in [1.82, 2.24) is 24.4 Å². The second kappa shape index (κ2) is 10.9. The normalized spacial score (nSPS) is 23.9. The zero-order valence-electron chi connectivity index (χ0n) is 17.5. The van der Waals surface area contributed by atoms with E-state index in [2.05, 4.69) is 45.1 Å². The standard InChI is InChI=1S/C10H14N5O7PS.C6H15N/c11-10-13-7-4(8(24)14-10)12-2-15(7)9-6(17)5(16)3(22-9)1-21-23(18,19)20;1-4-7(5-2)6-3/h2-3,5-6,9,16-17H,1H2,(H2,18,19,20)(H3,11,13,14,24);4-6H2,1-3H3. The average Bonchev–Trinajstić information content (AvgIpc) is 3.23. The third-order valence-corrected chi connectivity index (χ3v) is 5.59. The first-order valence-electron chi connectivity index (χ1n) is 9.68. The van der Waals surface area contributed by atoms with Crippen molar-refractivity contribution in [3.8, 4) is 0 Å². The maximum absolute atomic E-state index is 10.8. The summed E-state index contributed by atoms with van der Waals surface area (Å²) in [7, 11) is -4.73. The summed E-state index contributed by atoms with van der Waals surface area (Å²) in [4.78, 5) is 30.5. The van der Waals surface area contributed by atoms with Crippen LogP contribution in [0.25, 0.3) is 11.2 Å². The number of hydrogen-bond acceptors (Lipinski definition) is 10. The van der Waals surface area contributed by atoms with Gasteiger partial charge in [-0.1, -0.05) is 33.0 Å². The first kappa shape index (κ1) is 25.8. The van der Waals surface area contributed by atoms with E-state index < -0.39 is 39.0 Å². The predicted octanol–water partition coefficient (Wildman–Crippen LogP) is 0.148. The highest BCUT2D eigenvalue weighted by Crippen LogP contribution is 2.38. The number of hydrogen-bond donors (Lipinski definition) is 6. The van der Waals surface area contributed by atoms with Crippen LogP contribution in [-0.2, 0) is 13.8 Å². The first-order valence-corrected chi connectivity index (χ1v) is 11.6. The molecule has 4 unspecified atom stereocenters. The lowest BCUT2D eigenvalue weighted by atomic mass is 10.1. The number of rotatable bonds is 7. The van der Waals surface area contributed by atoms with Crippen LogP contribution in [0.5, 0.6) is 0 Å². The van der Waals surface area contributed by atoms with Crippen molar-refractivity contribution in [3.63, 3.8) is 0 Å². The van der Waals surface area contributed by atoms with Gasteiger partial charge < -0.3 is 40.4 Å². The molecule has 0 bridgehead atoms. The maximum Gasteiger partial charge on any atom is 0.469 e. The van der Waals surface area contributed by atoms with Crippen LogP contribution in [0.2, 0.25) is 0 Å². The minimum absolute atomic E-state index is 0.0312. The number of ether oxygens (including phenoxy) is 1. The molecule has 4 atom stereocenters. The number of aliphatic hydroxyl groups is 2. The second-order valence-corrected chi connectivity index (χ2v) is 8.35. The van der Waals surface area contributed by atoms with E-state index in [1.54, 1.807) is 0 Å². The highest BCUT2D eigenvalue weighted by atomic mass is 32.1. The number of phosphoric ester groups is 1. The molecule has 0 radical (unpaired) electrons. The molecule has 13 nitrogen and oxygen atoms in total. The Labute approximate surface area is 184 Å². The van der Waals surface area contributed by atoms with Gasteiger partial charge in [0.15, 0.2) is 16.8 Å². The fourth-order valence-corrected chi connectivity index (χ4v) is 3.67. The summed E-state index contributed by atoms with van der Waals surface area (Å²) < 4.78 is 22.0. The van der Waals surface area contributed by atoms with Crippen LogP contribution in [0.15, 0.2) is 6.33 Å². The number of phosphoric acid groups is 1. The first-order chi connectivity index (χ1) is 14.5. The van der Waals surface area contributed by atoms with Crippen LogP contribution in [0.1, 0.15) is 27.0 Å². The molecule has 0 amide bonds. The molecule has 176 valence electrons. The van der Waals surface area contributed by atoms with Crippen LogP contribution in [-0.4, -0.2) is 89.0 Å². The van der Waals surface area contributed by atoms with E-state index in [-0.39, 0.29) is 10.6 Å². The van der Waals surface area contributed by atoms with Crippen molar-refractivity contribution < 1.29 is 33.8 Å². The summed E-state index contributed by atoms with van der Waals surface area (Å²) in [5.74, 6) is 0.0312. The van der Waals surface area contributed by atoms with Crippen molar-refractivity contribution >= 4 is 37.2 Å². The van der Waals surface area contributed by atoms with Crippen LogP contribution in [0, 0.1) is 4.64 Å². The van der Waals surface area contributed by atoms with Gasteiger partial charge in [0.2, 0.25) is 0 Å². The van der Waals surface area contributed by atoms with E-state index >= 15 is 0 Å². The Morgan fingerprint density at radius 2 is 1.90 bits per heavy atom. The van der Waals surface area contributed by atoms with Gasteiger partial charge in [0.05, 0.1) is 12.9 Å². The Hall–Kier alpha value is -1.48. The van der Waals surface area contributed by atoms with Crippen molar-refractivity contribution in [3.05, 3.63) is 11.0 Å². The highest BCUT2D eigenvalue weighted by molar-refractivity contribution is 7.71. The van der Waals surface area contributed by atoms with Crippen LogP contribution >= 0.6 is 20.0 Å². The Bertz CT molecular complexity index is 956. The summed E-state index contributed by atoms with van der Waals surface area (Å²) in [6, 6.07) is 0. The molecule has 0 aliphatic carbocycles. The van der Waals surface area contributed by atoms with E-state index in [1.807, 2.05) is 0 Å². The van der Waals surface area contributed by atoms with E-state index in [0.717, 1.165) is 0 Å². The van der Waals surface area contributed by atoms with Gasteiger partial charge in [-0.25, -0.2) is 14.5 Å². The van der Waals surface area contributed by atoms with E-state index in [9.17, 15) is 14.8 Å². The minimum atomic E-state index is -4.73. The van der Waals surface area contributed by atoms with Crippen molar-refractivity contribution in [1.29, 1.82) is 0 Å². The number of fused-ring (bicyclic) bond motifs is 1. The Morgan fingerprint density at radius 3 is 2.42 bits per heavy atom. The number of nitrogens with one attached hydrogen (secondary N) is 1. The lowest BCUT2D eigenvalue weighted by Crippen LogP contribution is -2.33. The monoisotopic (exact) mass is 480 g/mol. The van der Waals surface area contributed by atoms with Crippen LogP contribution in [0.3, 0.4) is 0 Å². The zero-order valence-corrected chi connectivity index (χ0v) is 19.2. The number of nitrogen functional groups attached to an aromatic ring is 1. The molecule has 15 heteroatoms. The highest BCUT2D eigenvalue weighted by Gasteiger charge is 2.45. The smallest absolute Gasteiger partial charge is 0.387 e. The van der Waals surface area contributed by atoms with Gasteiger partial charge in [-0.3, -0.25) is 9.09 Å². The molecule has 0 saturated carbocycles. The number of aromatic nitrogens is 4. The Morgan fingerprint density at radius 1 is 1.29 bits per heavy atom. The van der Waals surface area contributed by atoms with Crippen molar-refractivity contribution in [2.75, 3.05) is 32.0 Å². The maximum atomic E-state index is 10.8. The fraction of sp³-hybridized carbons (Fsp3) is 0.688. The lowest BCUT2D eigenvalue weighted by molar-refractivity contribution is -0.0503. The van der Waals surface area contributed by atoms with Gasteiger partial charge in [0.25, 0.3) is 0 Å². The molecule has 2 aromatic rings. The van der Waals surface area contributed by atoms with Crippen molar-refractivity contribution in [2.24, 2.45) is 0 Å². The Balaban J connectivity index is 0.000000423. The van der Waals surface area contributed by atoms with Gasteiger partial charge in [-0.2, -0.15) is 0 Å². The number of aliphatic hydroxyl groups excluding tert-OH is 2. The van der Waals surface area contributed by atoms with Crippen LogP contribution in [0.4, 0.5) is 5.95 Å². The van der Waals surface area contributed by atoms with Crippen LogP contribution < -0.4 is 5.73 Å². The summed E-state index contributed by atoms with van der Waals surface area (Å²) in [6.07, 6.45) is -3.77. The van der Waals surface area contributed by atoms with E-state index in [0.29, 0.717) is 11.2 Å². The minimum Gasteiger partial charge on any atom is -0.387 e. The largest absolute Gasteiger partial charge is 0.469 e. The van der Waals surface area contributed by atoms with Gasteiger partial charge in [-0.05, 0) is 19.6 Å². The number of nitrogens with zero attached hydrogens (tertiary/aromatic N) is 4. The molecule has 7 N–H and O–H groups in total. The number of aromatic amines is 1. The predicted molar refractivity (Wildman–Crippen MR) is 115 cm³/mol. The van der Waals surface area contributed by atoms with Crippen molar-refractivity contribution in [2.45, 2.75) is 45.3 Å². The molecule has 3 rings (SSSR count). The van der Waals surface area contributed by atoms with Gasteiger partial charge in [-0.15, -0.1) is 0 Å². The van der Waals surface area contributed by atoms with E-state index in [1.165, 1.54) is 30.5 Å². The number of imidazole rings is 1. The molecule has 1 aliphatic heterocycles. The Kier molecular flexibility index (Phi) is 9.06. The molecule has 0 spiro atoms. The summed E-state index contributed by atoms with van der Waals surface area (Å²) in [5.41, 5.74) is 6.24. The lowest BCUT2D eigenvalue weighted by Gasteiger charge is -2.17. The average molecular weight is 480 g/mol. The molecular formula is C16H29N6O7PS. The molecule has 31 heavy (non-hydrogen) atoms. The molecule has 1 aliphatic rings. The number of anilines is 1. The summed E-state index contributed by atoms with van der Waals surface area (Å²) >= 11 is 5.04. The summed E-state index contributed by atoms with van der Waals surface area (Å²) in [6.45, 7) is 9.52. The fourth-order valence-electron chi connectivity index (χ4n) is 3.08. The quantitative estimate of drug-likeness (QED) is 0.232. The molecule has 3 heterocycles. The van der Waals surface area contributed by atoms with E-state index in [4.69, 9.17) is 32.5 Å².